The number of carbonyl (C=O) groups excluding carboxylic acids is 2. The van der Waals surface area contributed by atoms with E-state index in [0.717, 1.165) is 0 Å². The van der Waals surface area contributed by atoms with Crippen molar-refractivity contribution in [3.63, 3.8) is 0 Å². The molecular formula is C11H14N2O3. The van der Waals surface area contributed by atoms with E-state index in [9.17, 15) is 14.7 Å². The van der Waals surface area contributed by atoms with E-state index < -0.39 is 11.8 Å². The van der Waals surface area contributed by atoms with Gasteiger partial charge < -0.3 is 15.7 Å². The van der Waals surface area contributed by atoms with Gasteiger partial charge >= 0.3 is 11.8 Å². The maximum absolute atomic E-state index is 11.4. The third kappa shape index (κ3) is 2.98. The molecule has 0 unspecified atom stereocenters. The average Bonchev–Trinajstić information content (AvgIpc) is 2.22. The Bertz CT molecular complexity index is 416. The van der Waals surface area contributed by atoms with Crippen LogP contribution in [-0.4, -0.2) is 23.5 Å². The van der Waals surface area contributed by atoms with Gasteiger partial charge in [-0.15, -0.1) is 0 Å². The van der Waals surface area contributed by atoms with E-state index >= 15 is 0 Å². The Balaban J connectivity index is 2.73. The summed E-state index contributed by atoms with van der Waals surface area (Å²) in [6.07, 6.45) is 0. The van der Waals surface area contributed by atoms with E-state index in [4.69, 9.17) is 0 Å². The minimum atomic E-state index is -0.712. The van der Waals surface area contributed by atoms with Crippen LogP contribution in [0.3, 0.4) is 0 Å². The molecule has 0 radical (unpaired) electrons. The van der Waals surface area contributed by atoms with E-state index in [1.165, 1.54) is 12.1 Å². The van der Waals surface area contributed by atoms with Crippen molar-refractivity contribution >= 4 is 17.5 Å². The number of anilines is 1. The zero-order valence-corrected chi connectivity index (χ0v) is 9.20. The number of hydrogen-bond donors (Lipinski definition) is 3. The molecule has 0 aliphatic rings. The van der Waals surface area contributed by atoms with Crippen LogP contribution in [0.5, 0.6) is 5.75 Å². The van der Waals surface area contributed by atoms with Crippen molar-refractivity contribution in [3.05, 3.63) is 23.8 Å². The van der Waals surface area contributed by atoms with Crippen LogP contribution in [0.2, 0.25) is 0 Å². The molecule has 5 heteroatoms. The van der Waals surface area contributed by atoms with Crippen LogP contribution in [0.1, 0.15) is 12.5 Å². The molecule has 3 N–H and O–H groups in total. The van der Waals surface area contributed by atoms with E-state index in [1.807, 2.05) is 0 Å². The Hall–Kier alpha value is -2.04. The second-order valence-electron chi connectivity index (χ2n) is 3.31. The van der Waals surface area contributed by atoms with Gasteiger partial charge in [0.2, 0.25) is 0 Å². The summed E-state index contributed by atoms with van der Waals surface area (Å²) in [5, 5.41) is 14.0. The number of hydrogen-bond acceptors (Lipinski definition) is 3. The summed E-state index contributed by atoms with van der Waals surface area (Å²) in [4.78, 5) is 22.5. The van der Waals surface area contributed by atoms with Gasteiger partial charge in [-0.2, -0.15) is 0 Å². The number of likely N-dealkylation sites (N-methyl/N-ethyl adjacent to an activating group) is 1. The maximum Gasteiger partial charge on any atom is 0.313 e. The van der Waals surface area contributed by atoms with Gasteiger partial charge in [0.25, 0.3) is 0 Å². The lowest BCUT2D eigenvalue weighted by molar-refractivity contribution is -0.136. The molecule has 16 heavy (non-hydrogen) atoms. The number of amides is 2. The molecule has 1 aromatic carbocycles. The molecule has 0 atom stereocenters. The number of nitrogens with one attached hydrogen (secondary N) is 2. The highest BCUT2D eigenvalue weighted by molar-refractivity contribution is 6.39. The number of phenols is 1. The van der Waals surface area contributed by atoms with E-state index in [-0.39, 0.29) is 5.75 Å². The highest BCUT2D eigenvalue weighted by Crippen LogP contribution is 2.19. The van der Waals surface area contributed by atoms with Crippen molar-refractivity contribution in [3.8, 4) is 5.75 Å². The lowest BCUT2D eigenvalue weighted by Crippen LogP contribution is -2.35. The lowest BCUT2D eigenvalue weighted by atomic mass is 10.2. The zero-order chi connectivity index (χ0) is 12.1. The standard InChI is InChI=1S/C11H14N2O3/c1-3-12-10(15)11(16)13-9-5-4-8(14)6-7(9)2/h4-6,14H,3H2,1-2H3,(H,12,15)(H,13,16). The van der Waals surface area contributed by atoms with Crippen LogP contribution < -0.4 is 10.6 Å². The number of benzene rings is 1. The first kappa shape index (κ1) is 12.0. The molecule has 0 bridgehead atoms. The fourth-order valence-corrected chi connectivity index (χ4v) is 1.21. The van der Waals surface area contributed by atoms with Crippen molar-refractivity contribution in [1.82, 2.24) is 5.32 Å². The summed E-state index contributed by atoms with van der Waals surface area (Å²) in [6, 6.07) is 4.50. The van der Waals surface area contributed by atoms with Gasteiger partial charge in [-0.3, -0.25) is 9.59 Å². The molecule has 0 aromatic heterocycles. The van der Waals surface area contributed by atoms with Gasteiger partial charge in [-0.1, -0.05) is 0 Å². The minimum Gasteiger partial charge on any atom is -0.508 e. The summed E-state index contributed by atoms with van der Waals surface area (Å²) >= 11 is 0. The number of aryl methyl sites for hydroxylation is 1. The predicted molar refractivity (Wildman–Crippen MR) is 60.2 cm³/mol. The van der Waals surface area contributed by atoms with Crippen LogP contribution >= 0.6 is 0 Å². The van der Waals surface area contributed by atoms with Crippen LogP contribution in [0.4, 0.5) is 5.69 Å². The van der Waals surface area contributed by atoms with Gasteiger partial charge in [0.05, 0.1) is 0 Å². The number of rotatable bonds is 2. The summed E-state index contributed by atoms with van der Waals surface area (Å²) in [5.41, 5.74) is 1.20. The van der Waals surface area contributed by atoms with Crippen LogP contribution in [0.25, 0.3) is 0 Å². The normalized spacial score (nSPS) is 9.62. The van der Waals surface area contributed by atoms with E-state index in [1.54, 1.807) is 19.9 Å². The molecule has 0 spiro atoms. The third-order valence-electron chi connectivity index (χ3n) is 2.00. The van der Waals surface area contributed by atoms with Crippen molar-refractivity contribution in [2.24, 2.45) is 0 Å². The summed E-state index contributed by atoms with van der Waals surface area (Å²) in [6.45, 7) is 3.87. The molecule has 0 aliphatic carbocycles. The Kier molecular flexibility index (Phi) is 3.88. The van der Waals surface area contributed by atoms with Gasteiger partial charge in [-0.25, -0.2) is 0 Å². The smallest absolute Gasteiger partial charge is 0.313 e. The van der Waals surface area contributed by atoms with Crippen LogP contribution in [0, 0.1) is 6.92 Å². The first-order valence-electron chi connectivity index (χ1n) is 4.93. The topological polar surface area (TPSA) is 78.4 Å². The van der Waals surface area contributed by atoms with Crippen molar-refractivity contribution in [2.75, 3.05) is 11.9 Å². The first-order valence-corrected chi connectivity index (χ1v) is 4.93. The Morgan fingerprint density at radius 1 is 1.31 bits per heavy atom. The summed E-state index contributed by atoms with van der Waals surface area (Å²) in [5.74, 6) is -1.26. The van der Waals surface area contributed by atoms with Gasteiger partial charge in [0.15, 0.2) is 0 Å². The molecule has 0 heterocycles. The fraction of sp³-hybridized carbons (Fsp3) is 0.273. The van der Waals surface area contributed by atoms with Gasteiger partial charge in [0.1, 0.15) is 5.75 Å². The molecule has 5 nitrogen and oxygen atoms in total. The molecule has 2 amide bonds. The Labute approximate surface area is 93.5 Å². The average molecular weight is 222 g/mol. The monoisotopic (exact) mass is 222 g/mol. The second-order valence-corrected chi connectivity index (χ2v) is 3.31. The minimum absolute atomic E-state index is 0.119. The molecule has 0 saturated heterocycles. The maximum atomic E-state index is 11.4. The Morgan fingerprint density at radius 2 is 2.00 bits per heavy atom. The molecule has 0 fully saturated rings. The van der Waals surface area contributed by atoms with Crippen LogP contribution in [0.15, 0.2) is 18.2 Å². The molecule has 0 aliphatic heterocycles. The SMILES string of the molecule is CCNC(=O)C(=O)Nc1ccc(O)cc1C. The number of carbonyl (C=O) groups is 2. The second kappa shape index (κ2) is 5.16. The van der Waals surface area contributed by atoms with Crippen molar-refractivity contribution in [2.45, 2.75) is 13.8 Å². The van der Waals surface area contributed by atoms with Crippen molar-refractivity contribution < 1.29 is 14.7 Å². The largest absolute Gasteiger partial charge is 0.508 e. The molecule has 1 rings (SSSR count). The van der Waals surface area contributed by atoms with E-state index in [0.29, 0.717) is 17.8 Å². The number of aromatic hydroxyl groups is 1. The molecular weight excluding hydrogens is 208 g/mol. The predicted octanol–water partition coefficient (Wildman–Crippen LogP) is 0.775. The highest BCUT2D eigenvalue weighted by atomic mass is 16.3. The van der Waals surface area contributed by atoms with Crippen LogP contribution in [-0.2, 0) is 9.59 Å². The highest BCUT2D eigenvalue weighted by Gasteiger charge is 2.13. The van der Waals surface area contributed by atoms with Gasteiger partial charge in [-0.05, 0) is 37.6 Å². The summed E-state index contributed by atoms with van der Waals surface area (Å²) in [7, 11) is 0. The quantitative estimate of drug-likeness (QED) is 0.511. The lowest BCUT2D eigenvalue weighted by Gasteiger charge is -2.08. The van der Waals surface area contributed by atoms with Crippen molar-refractivity contribution in [1.29, 1.82) is 0 Å². The third-order valence-corrected chi connectivity index (χ3v) is 2.00. The molecule has 86 valence electrons. The fourth-order valence-electron chi connectivity index (χ4n) is 1.21. The first-order chi connectivity index (χ1) is 7.54. The molecule has 0 saturated carbocycles. The molecule has 1 aromatic rings. The number of phenolic OH excluding ortho intramolecular Hbond substituents is 1. The van der Waals surface area contributed by atoms with Gasteiger partial charge in [0, 0.05) is 12.2 Å². The Morgan fingerprint density at radius 3 is 2.56 bits per heavy atom. The zero-order valence-electron chi connectivity index (χ0n) is 9.20. The van der Waals surface area contributed by atoms with E-state index in [2.05, 4.69) is 10.6 Å². The summed E-state index contributed by atoms with van der Waals surface area (Å²) < 4.78 is 0.